The van der Waals surface area contributed by atoms with E-state index in [1.165, 1.54) is 12.1 Å². The summed E-state index contributed by atoms with van der Waals surface area (Å²) in [5.41, 5.74) is 2.67. The second-order valence-corrected chi connectivity index (χ2v) is 9.24. The number of aromatic nitrogens is 1. The van der Waals surface area contributed by atoms with Crippen molar-refractivity contribution in [3.05, 3.63) is 65.1 Å². The van der Waals surface area contributed by atoms with Crippen LogP contribution in [-0.4, -0.2) is 29.8 Å². The highest BCUT2D eigenvalue weighted by atomic mass is 32.2. The number of halogens is 1. The van der Waals surface area contributed by atoms with E-state index >= 15 is 0 Å². The van der Waals surface area contributed by atoms with Crippen LogP contribution in [0.15, 0.2) is 47.4 Å². The van der Waals surface area contributed by atoms with E-state index in [-0.39, 0.29) is 23.6 Å². The third kappa shape index (κ3) is 4.34. The normalized spacial score (nSPS) is 11.8. The summed E-state index contributed by atoms with van der Waals surface area (Å²) in [5.74, 6) is -1.34. The van der Waals surface area contributed by atoms with Crippen molar-refractivity contribution >= 4 is 26.7 Å². The van der Waals surface area contributed by atoms with E-state index in [9.17, 15) is 22.7 Å². The molecule has 3 rings (SSSR count). The summed E-state index contributed by atoms with van der Waals surface area (Å²) in [5, 5.41) is 9.86. The number of aliphatic carboxylic acids is 1. The zero-order valence-corrected chi connectivity index (χ0v) is 17.3. The van der Waals surface area contributed by atoms with Crippen molar-refractivity contribution in [2.45, 2.75) is 44.6 Å². The van der Waals surface area contributed by atoms with E-state index < -0.39 is 21.6 Å². The minimum atomic E-state index is -3.43. The number of nitrogens with zero attached hydrogens (tertiary/aromatic N) is 1. The maximum atomic E-state index is 13.9. The fourth-order valence-corrected chi connectivity index (χ4v) is 5.39. The topological polar surface area (TPSA) is 76.4 Å². The van der Waals surface area contributed by atoms with Gasteiger partial charge in [0.2, 0.25) is 0 Å². The minimum Gasteiger partial charge on any atom is -0.480 e. The van der Waals surface area contributed by atoms with Crippen LogP contribution < -0.4 is 0 Å². The van der Waals surface area contributed by atoms with Gasteiger partial charge in [-0.15, -0.1) is 0 Å². The fourth-order valence-electron chi connectivity index (χ4n) is 3.67. The summed E-state index contributed by atoms with van der Waals surface area (Å²) < 4.78 is 41.2. The molecular weight excluding hydrogens is 393 g/mol. The summed E-state index contributed by atoms with van der Waals surface area (Å²) in [7, 11) is -3.43. The van der Waals surface area contributed by atoms with Gasteiger partial charge in [-0.1, -0.05) is 31.5 Å². The van der Waals surface area contributed by atoms with E-state index in [2.05, 4.69) is 0 Å². The second kappa shape index (κ2) is 8.37. The molecule has 0 fully saturated rings. The largest absolute Gasteiger partial charge is 0.480 e. The van der Waals surface area contributed by atoms with Gasteiger partial charge in [-0.2, -0.15) is 0 Å². The van der Waals surface area contributed by atoms with E-state index in [0.29, 0.717) is 28.6 Å². The highest BCUT2D eigenvalue weighted by Crippen LogP contribution is 2.31. The van der Waals surface area contributed by atoms with Gasteiger partial charge in [-0.25, -0.2) is 12.8 Å². The standard InChI is InChI=1S/C22H24FNO4S/c1-3-4-11-29(27,28)21-8-6-5-7-16(21)12-18-15(2)24(14-22(25)26)20-10-9-17(23)13-19(18)20/h5-10,13H,3-4,11-12,14H2,1-2H3,(H,25,26). The summed E-state index contributed by atoms with van der Waals surface area (Å²) in [6, 6.07) is 11.1. The van der Waals surface area contributed by atoms with E-state index in [4.69, 9.17) is 0 Å². The van der Waals surface area contributed by atoms with E-state index in [1.54, 1.807) is 41.8 Å². The lowest BCUT2D eigenvalue weighted by atomic mass is 10.0. The zero-order valence-electron chi connectivity index (χ0n) is 16.5. The molecule has 29 heavy (non-hydrogen) atoms. The number of carbonyl (C=O) groups is 1. The predicted molar refractivity (Wildman–Crippen MR) is 110 cm³/mol. The summed E-state index contributed by atoms with van der Waals surface area (Å²) in [6.07, 6.45) is 1.64. The van der Waals surface area contributed by atoms with Crippen LogP contribution in [0, 0.1) is 12.7 Å². The Bertz CT molecular complexity index is 1170. The maximum absolute atomic E-state index is 13.9. The number of benzene rings is 2. The summed E-state index contributed by atoms with van der Waals surface area (Å²) in [6.45, 7) is 3.48. The molecule has 1 N–H and O–H groups in total. The van der Waals surface area contributed by atoms with Crippen LogP contribution >= 0.6 is 0 Å². The number of unbranched alkanes of at least 4 members (excludes halogenated alkanes) is 1. The Kier molecular flexibility index (Phi) is 6.07. The van der Waals surface area contributed by atoms with Crippen molar-refractivity contribution < 1.29 is 22.7 Å². The van der Waals surface area contributed by atoms with Gasteiger partial charge in [0, 0.05) is 23.0 Å². The lowest BCUT2D eigenvalue weighted by Crippen LogP contribution is -2.11. The lowest BCUT2D eigenvalue weighted by molar-refractivity contribution is -0.137. The number of fused-ring (bicyclic) bond motifs is 1. The molecule has 0 spiro atoms. The van der Waals surface area contributed by atoms with Gasteiger partial charge < -0.3 is 9.67 Å². The van der Waals surface area contributed by atoms with Gasteiger partial charge in [0.25, 0.3) is 0 Å². The van der Waals surface area contributed by atoms with E-state index in [0.717, 1.165) is 12.0 Å². The molecule has 0 saturated heterocycles. The van der Waals surface area contributed by atoms with Crippen LogP contribution in [0.25, 0.3) is 10.9 Å². The van der Waals surface area contributed by atoms with Gasteiger partial charge in [0.1, 0.15) is 12.4 Å². The average molecular weight is 418 g/mol. The summed E-state index contributed by atoms with van der Waals surface area (Å²) >= 11 is 0. The molecule has 0 aliphatic heterocycles. The third-order valence-corrected chi connectivity index (χ3v) is 7.05. The van der Waals surface area contributed by atoms with Crippen LogP contribution in [0.4, 0.5) is 4.39 Å². The maximum Gasteiger partial charge on any atom is 0.323 e. The van der Waals surface area contributed by atoms with Crippen molar-refractivity contribution in [2.24, 2.45) is 0 Å². The summed E-state index contributed by atoms with van der Waals surface area (Å²) in [4.78, 5) is 11.6. The quantitative estimate of drug-likeness (QED) is 0.592. The molecule has 154 valence electrons. The van der Waals surface area contributed by atoms with Gasteiger partial charge in [-0.3, -0.25) is 4.79 Å². The number of rotatable bonds is 8. The van der Waals surface area contributed by atoms with Gasteiger partial charge in [-0.05, 0) is 48.7 Å². The van der Waals surface area contributed by atoms with Crippen LogP contribution in [0.3, 0.4) is 0 Å². The van der Waals surface area contributed by atoms with Gasteiger partial charge >= 0.3 is 5.97 Å². The number of hydrogen-bond acceptors (Lipinski definition) is 3. The molecule has 0 aliphatic rings. The first-order chi connectivity index (χ1) is 13.7. The number of sulfone groups is 1. The van der Waals surface area contributed by atoms with Crippen LogP contribution in [0.1, 0.15) is 36.6 Å². The average Bonchev–Trinajstić information content (AvgIpc) is 2.91. The zero-order chi connectivity index (χ0) is 21.2. The molecule has 0 amide bonds. The Balaban J connectivity index is 2.14. The third-order valence-electron chi connectivity index (χ3n) is 5.15. The van der Waals surface area contributed by atoms with Gasteiger partial charge in [0.15, 0.2) is 9.84 Å². The predicted octanol–water partition coefficient (Wildman–Crippen LogP) is 4.34. The molecule has 0 unspecified atom stereocenters. The van der Waals surface area contributed by atoms with Crippen LogP contribution in [0.5, 0.6) is 0 Å². The number of carboxylic acids is 1. The second-order valence-electron chi connectivity index (χ2n) is 7.16. The highest BCUT2D eigenvalue weighted by Gasteiger charge is 2.21. The molecule has 7 heteroatoms. The van der Waals surface area contributed by atoms with Crippen molar-refractivity contribution in [3.63, 3.8) is 0 Å². The molecule has 3 aromatic rings. The molecule has 0 atom stereocenters. The van der Waals surface area contributed by atoms with Crippen LogP contribution in [-0.2, 0) is 27.6 Å². The SMILES string of the molecule is CCCCS(=O)(=O)c1ccccc1Cc1c(C)n(CC(=O)O)c2ccc(F)cc12. The Morgan fingerprint density at radius 2 is 1.90 bits per heavy atom. The Hall–Kier alpha value is -2.67. The Morgan fingerprint density at radius 1 is 1.17 bits per heavy atom. The number of carboxylic acid groups (broad SMARTS) is 1. The first kappa shape index (κ1) is 21.0. The van der Waals surface area contributed by atoms with Gasteiger partial charge in [0.05, 0.1) is 10.6 Å². The molecule has 5 nitrogen and oxygen atoms in total. The van der Waals surface area contributed by atoms with Crippen molar-refractivity contribution in [1.29, 1.82) is 0 Å². The Labute approximate surface area is 169 Å². The number of hydrogen-bond donors (Lipinski definition) is 1. The highest BCUT2D eigenvalue weighted by molar-refractivity contribution is 7.91. The van der Waals surface area contributed by atoms with Crippen molar-refractivity contribution in [3.8, 4) is 0 Å². The lowest BCUT2D eigenvalue weighted by Gasteiger charge is -2.11. The molecule has 2 aromatic carbocycles. The molecule has 0 saturated carbocycles. The minimum absolute atomic E-state index is 0.0783. The molecular formula is C22H24FNO4S. The molecule has 0 radical (unpaired) electrons. The first-order valence-corrected chi connectivity index (χ1v) is 11.2. The van der Waals surface area contributed by atoms with Crippen LogP contribution in [0.2, 0.25) is 0 Å². The first-order valence-electron chi connectivity index (χ1n) is 9.54. The van der Waals surface area contributed by atoms with Crippen molar-refractivity contribution in [1.82, 2.24) is 4.57 Å². The smallest absolute Gasteiger partial charge is 0.323 e. The molecule has 0 bridgehead atoms. The molecule has 0 aliphatic carbocycles. The molecule has 1 heterocycles. The molecule has 1 aromatic heterocycles. The Morgan fingerprint density at radius 3 is 2.59 bits per heavy atom. The van der Waals surface area contributed by atoms with Crippen molar-refractivity contribution in [2.75, 3.05) is 5.75 Å². The fraction of sp³-hybridized carbons (Fsp3) is 0.318. The van der Waals surface area contributed by atoms with E-state index in [1.807, 2.05) is 6.92 Å². The monoisotopic (exact) mass is 417 g/mol.